The molecule has 0 fully saturated rings. The summed E-state index contributed by atoms with van der Waals surface area (Å²) in [7, 11) is 1.60. The van der Waals surface area contributed by atoms with Gasteiger partial charge in [-0.3, -0.25) is 0 Å². The van der Waals surface area contributed by atoms with E-state index in [1.165, 1.54) is 0 Å². The quantitative estimate of drug-likeness (QED) is 0.446. The van der Waals surface area contributed by atoms with Gasteiger partial charge in [0.1, 0.15) is 0 Å². The van der Waals surface area contributed by atoms with Crippen LogP contribution in [0.3, 0.4) is 0 Å². The number of nitrogens with two attached hydrogens (primary N) is 1. The fraction of sp³-hybridized carbons (Fsp3) is 0.400. The molecule has 78 valence electrons. The maximum Gasteiger partial charge on any atom is 0.162 e. The van der Waals surface area contributed by atoms with E-state index >= 15 is 0 Å². The van der Waals surface area contributed by atoms with Crippen LogP contribution < -0.4 is 15.2 Å². The van der Waals surface area contributed by atoms with Gasteiger partial charge >= 0.3 is 0 Å². The molecule has 0 amide bonds. The minimum atomic E-state index is 0.643. The highest BCUT2D eigenvalue weighted by Crippen LogP contribution is 2.28. The summed E-state index contributed by atoms with van der Waals surface area (Å²) in [6, 6.07) is 5.35. The summed E-state index contributed by atoms with van der Waals surface area (Å²) in [5.41, 5.74) is 6.28. The molecule has 0 atom stereocenters. The average Bonchev–Trinajstić information content (AvgIpc) is 2.20. The van der Waals surface area contributed by atoms with E-state index in [0.29, 0.717) is 18.0 Å². The molecular weight excluding hydrogens is 198 g/mol. The Labute approximate surface area is 89.6 Å². The first-order valence-corrected chi connectivity index (χ1v) is 5.08. The second-order valence-electron chi connectivity index (χ2n) is 2.84. The largest absolute Gasteiger partial charge is 0.493 e. The Kier molecular flexibility index (Phi) is 4.46. The lowest BCUT2D eigenvalue weighted by molar-refractivity contribution is 0.295. The van der Waals surface area contributed by atoms with Crippen LogP contribution in [-0.4, -0.2) is 19.5 Å². The Bertz CT molecular complexity index is 291. The summed E-state index contributed by atoms with van der Waals surface area (Å²) in [5, 5.41) is 0. The van der Waals surface area contributed by atoms with Gasteiger partial charge < -0.3 is 15.2 Å². The molecule has 1 rings (SSSR count). The van der Waals surface area contributed by atoms with Gasteiger partial charge in [0.25, 0.3) is 0 Å². The molecule has 0 aliphatic carbocycles. The van der Waals surface area contributed by atoms with Crippen LogP contribution in [0.25, 0.3) is 0 Å². The first-order valence-electron chi connectivity index (χ1n) is 4.45. The highest BCUT2D eigenvalue weighted by atomic mass is 32.1. The molecule has 0 aliphatic heterocycles. The number of anilines is 1. The van der Waals surface area contributed by atoms with Crippen LogP contribution in [0.15, 0.2) is 18.2 Å². The monoisotopic (exact) mass is 213 g/mol. The van der Waals surface area contributed by atoms with Crippen LogP contribution in [0.1, 0.15) is 6.42 Å². The number of ether oxygens (including phenoxy) is 2. The van der Waals surface area contributed by atoms with Crippen molar-refractivity contribution in [3.05, 3.63) is 18.2 Å². The van der Waals surface area contributed by atoms with Crippen LogP contribution in [-0.2, 0) is 0 Å². The number of thiol groups is 1. The molecule has 4 heteroatoms. The summed E-state index contributed by atoms with van der Waals surface area (Å²) >= 11 is 4.10. The Hall–Kier alpha value is -1.03. The zero-order valence-electron chi connectivity index (χ0n) is 8.19. The SMILES string of the molecule is COc1cc(N)ccc1OCCCS. The first kappa shape index (κ1) is 11.0. The van der Waals surface area contributed by atoms with Crippen LogP contribution >= 0.6 is 12.6 Å². The predicted octanol–water partition coefficient (Wildman–Crippen LogP) is 1.98. The fourth-order valence-electron chi connectivity index (χ4n) is 1.05. The zero-order chi connectivity index (χ0) is 10.4. The summed E-state index contributed by atoms with van der Waals surface area (Å²) < 4.78 is 10.6. The molecule has 0 unspecified atom stereocenters. The van der Waals surface area contributed by atoms with E-state index in [1.807, 2.05) is 6.07 Å². The average molecular weight is 213 g/mol. The van der Waals surface area contributed by atoms with Gasteiger partial charge in [-0.1, -0.05) is 0 Å². The summed E-state index contributed by atoms with van der Waals surface area (Å²) in [6.07, 6.45) is 0.913. The van der Waals surface area contributed by atoms with Gasteiger partial charge in [-0.05, 0) is 24.3 Å². The van der Waals surface area contributed by atoms with Crippen molar-refractivity contribution in [1.29, 1.82) is 0 Å². The van der Waals surface area contributed by atoms with Crippen LogP contribution in [0.5, 0.6) is 11.5 Å². The molecule has 0 saturated heterocycles. The van der Waals surface area contributed by atoms with Crippen molar-refractivity contribution in [2.75, 3.05) is 25.2 Å². The zero-order valence-corrected chi connectivity index (χ0v) is 9.09. The normalized spacial score (nSPS) is 9.86. The third-order valence-electron chi connectivity index (χ3n) is 1.75. The Morgan fingerprint density at radius 2 is 2.14 bits per heavy atom. The van der Waals surface area contributed by atoms with E-state index < -0.39 is 0 Å². The molecule has 1 aromatic carbocycles. The molecule has 0 radical (unpaired) electrons. The van der Waals surface area contributed by atoms with Gasteiger partial charge in [-0.25, -0.2) is 0 Å². The van der Waals surface area contributed by atoms with E-state index in [0.717, 1.165) is 17.9 Å². The number of hydrogen-bond acceptors (Lipinski definition) is 4. The maximum absolute atomic E-state index is 5.61. The third kappa shape index (κ3) is 3.03. The van der Waals surface area contributed by atoms with E-state index in [4.69, 9.17) is 15.2 Å². The Morgan fingerprint density at radius 3 is 2.79 bits per heavy atom. The van der Waals surface area contributed by atoms with E-state index in [-0.39, 0.29) is 0 Å². The lowest BCUT2D eigenvalue weighted by Crippen LogP contribution is -2.00. The lowest BCUT2D eigenvalue weighted by Gasteiger charge is -2.10. The standard InChI is InChI=1S/C10H15NO2S/c1-12-10-7-8(11)3-4-9(10)13-5-2-6-14/h3-4,7,14H,2,5-6,11H2,1H3. The van der Waals surface area contributed by atoms with E-state index in [1.54, 1.807) is 19.2 Å². The molecule has 0 aliphatic rings. The van der Waals surface area contributed by atoms with Gasteiger partial charge in [0.15, 0.2) is 11.5 Å². The predicted molar refractivity (Wildman–Crippen MR) is 61.4 cm³/mol. The van der Waals surface area contributed by atoms with Gasteiger partial charge in [-0.15, -0.1) is 0 Å². The number of rotatable bonds is 5. The highest BCUT2D eigenvalue weighted by Gasteiger charge is 2.03. The molecule has 0 saturated carbocycles. The van der Waals surface area contributed by atoms with E-state index in [9.17, 15) is 0 Å². The van der Waals surface area contributed by atoms with Gasteiger partial charge in [0.05, 0.1) is 13.7 Å². The maximum atomic E-state index is 5.61. The summed E-state index contributed by atoms with van der Waals surface area (Å²) in [4.78, 5) is 0. The van der Waals surface area contributed by atoms with Crippen molar-refractivity contribution in [1.82, 2.24) is 0 Å². The smallest absolute Gasteiger partial charge is 0.162 e. The molecule has 0 bridgehead atoms. The van der Waals surface area contributed by atoms with Crippen LogP contribution in [0.4, 0.5) is 5.69 Å². The van der Waals surface area contributed by atoms with Gasteiger partial charge in [0.2, 0.25) is 0 Å². The first-order chi connectivity index (χ1) is 6.77. The van der Waals surface area contributed by atoms with Crippen molar-refractivity contribution < 1.29 is 9.47 Å². The molecule has 0 spiro atoms. The molecular formula is C10H15NO2S. The minimum absolute atomic E-state index is 0.643. The number of hydrogen-bond donors (Lipinski definition) is 2. The second kappa shape index (κ2) is 5.65. The molecule has 0 heterocycles. The molecule has 0 aromatic heterocycles. The Balaban J connectivity index is 2.65. The molecule has 14 heavy (non-hydrogen) atoms. The van der Waals surface area contributed by atoms with Crippen LogP contribution in [0, 0.1) is 0 Å². The van der Waals surface area contributed by atoms with Crippen molar-refractivity contribution in [2.24, 2.45) is 0 Å². The van der Waals surface area contributed by atoms with Gasteiger partial charge in [-0.2, -0.15) is 12.6 Å². The van der Waals surface area contributed by atoms with Crippen molar-refractivity contribution in [3.63, 3.8) is 0 Å². The lowest BCUT2D eigenvalue weighted by atomic mass is 10.3. The van der Waals surface area contributed by atoms with Gasteiger partial charge in [0, 0.05) is 11.8 Å². The molecule has 1 aromatic rings. The Morgan fingerprint density at radius 1 is 1.36 bits per heavy atom. The van der Waals surface area contributed by atoms with Crippen molar-refractivity contribution >= 4 is 18.3 Å². The second-order valence-corrected chi connectivity index (χ2v) is 3.28. The van der Waals surface area contributed by atoms with Crippen molar-refractivity contribution in [2.45, 2.75) is 6.42 Å². The molecule has 3 nitrogen and oxygen atoms in total. The fourth-order valence-corrected chi connectivity index (χ4v) is 1.18. The molecule has 2 N–H and O–H groups in total. The number of methoxy groups -OCH3 is 1. The number of nitrogen functional groups attached to an aromatic ring is 1. The van der Waals surface area contributed by atoms with E-state index in [2.05, 4.69) is 12.6 Å². The third-order valence-corrected chi connectivity index (χ3v) is 2.06. The minimum Gasteiger partial charge on any atom is -0.493 e. The highest BCUT2D eigenvalue weighted by molar-refractivity contribution is 7.80. The van der Waals surface area contributed by atoms with Crippen LogP contribution in [0.2, 0.25) is 0 Å². The number of benzene rings is 1. The summed E-state index contributed by atoms with van der Waals surface area (Å²) in [6.45, 7) is 0.643. The van der Waals surface area contributed by atoms with Crippen molar-refractivity contribution in [3.8, 4) is 11.5 Å². The summed E-state index contributed by atoms with van der Waals surface area (Å²) in [5.74, 6) is 2.21. The topological polar surface area (TPSA) is 44.5 Å².